The molecule has 0 bridgehead atoms. The fourth-order valence-corrected chi connectivity index (χ4v) is 3.77. The number of rotatable bonds is 2. The molecule has 1 aromatic rings. The van der Waals surface area contributed by atoms with Gasteiger partial charge in [0.2, 0.25) is 0 Å². The summed E-state index contributed by atoms with van der Waals surface area (Å²) in [7, 11) is 0. The van der Waals surface area contributed by atoms with E-state index in [0.717, 1.165) is 0 Å². The number of hydrogen-bond donors (Lipinski definition) is 0. The highest BCUT2D eigenvalue weighted by Crippen LogP contribution is 2.43. The summed E-state index contributed by atoms with van der Waals surface area (Å²) < 4.78 is 0.514. The largest absolute Gasteiger partial charge is 0.142 e. The van der Waals surface area contributed by atoms with Crippen LogP contribution < -0.4 is 0 Å². The average Bonchev–Trinajstić information content (AvgIpc) is 2.27. The molecule has 0 spiro atoms. The molecule has 0 fully saturated rings. The van der Waals surface area contributed by atoms with Crippen LogP contribution in [0.5, 0.6) is 0 Å². The minimum atomic E-state index is 0.257. The Bertz CT molecular complexity index is 326. The molecule has 0 nitrogen and oxygen atoms in total. The fourth-order valence-electron chi connectivity index (χ4n) is 1.37. The van der Waals surface area contributed by atoms with E-state index in [2.05, 4.69) is 85.9 Å². The summed E-state index contributed by atoms with van der Waals surface area (Å²) in [5, 5.41) is 0. The van der Waals surface area contributed by atoms with Gasteiger partial charge in [0.05, 0.1) is 6.84 Å². The lowest BCUT2D eigenvalue weighted by atomic mass is 10.1. The maximum atomic E-state index is 2.52. The van der Waals surface area contributed by atoms with E-state index in [-0.39, 0.29) is 6.84 Å². The maximum Gasteiger partial charge on any atom is 0.0510 e. The normalized spacial score (nSPS) is 13.4. The Labute approximate surface area is 118 Å². The zero-order valence-corrected chi connectivity index (χ0v) is 14.4. The average molecular weight is 434 g/mol. The number of halogens is 2. The van der Waals surface area contributed by atoms with Crippen LogP contribution in [0.25, 0.3) is 0 Å². The molecular formula is C11H16I2S. The molecule has 14 heavy (non-hydrogen) atoms. The molecule has 1 heterocycles. The van der Waals surface area contributed by atoms with Crippen LogP contribution in [0.1, 0.15) is 43.0 Å². The van der Waals surface area contributed by atoms with E-state index >= 15 is 0 Å². The molecule has 0 saturated heterocycles. The van der Waals surface area contributed by atoms with E-state index in [4.69, 9.17) is 0 Å². The van der Waals surface area contributed by atoms with E-state index < -0.39 is 0 Å². The number of alkyl halides is 2. The first kappa shape index (κ1) is 13.2. The highest BCUT2D eigenvalue weighted by atomic mass is 127. The summed E-state index contributed by atoms with van der Waals surface area (Å²) in [6.45, 7) is 11.3. The predicted octanol–water partition coefficient (Wildman–Crippen LogP) is 5.40. The molecule has 3 heteroatoms. The standard InChI is InChI=1S/C11H16I2S/c1-7-6-8(10(2,3)12)14-9(7)11(4,5)13/h6H,1-5H3. The smallest absolute Gasteiger partial charge is 0.0510 e. The van der Waals surface area contributed by atoms with Crippen LogP contribution in [0.2, 0.25) is 0 Å². The van der Waals surface area contributed by atoms with E-state index in [0.29, 0.717) is 0 Å². The molecule has 0 atom stereocenters. The second-order valence-corrected chi connectivity index (χ2v) is 11.0. The summed E-state index contributed by atoms with van der Waals surface area (Å²) >= 11 is 6.98. The molecule has 0 aromatic carbocycles. The van der Waals surface area contributed by atoms with Gasteiger partial charge in [-0.05, 0) is 46.2 Å². The minimum absolute atomic E-state index is 0.257. The Morgan fingerprint density at radius 3 is 1.79 bits per heavy atom. The van der Waals surface area contributed by atoms with Crippen LogP contribution >= 0.6 is 56.5 Å². The summed E-state index contributed by atoms with van der Waals surface area (Å²) in [6, 6.07) is 2.34. The SMILES string of the molecule is Cc1cc(C(C)(C)I)sc1C(C)(C)I. The van der Waals surface area contributed by atoms with Gasteiger partial charge in [-0.1, -0.05) is 45.2 Å². The fraction of sp³-hybridized carbons (Fsp3) is 0.636. The van der Waals surface area contributed by atoms with Gasteiger partial charge >= 0.3 is 0 Å². The van der Waals surface area contributed by atoms with Gasteiger partial charge in [-0.15, -0.1) is 11.3 Å². The maximum absolute atomic E-state index is 2.52. The van der Waals surface area contributed by atoms with Crippen LogP contribution in [-0.4, -0.2) is 0 Å². The molecule has 0 N–H and O–H groups in total. The van der Waals surface area contributed by atoms with E-state index in [9.17, 15) is 0 Å². The quantitative estimate of drug-likeness (QED) is 0.432. The van der Waals surface area contributed by atoms with Gasteiger partial charge in [0.1, 0.15) is 0 Å². The molecule has 0 radical (unpaired) electrons. The van der Waals surface area contributed by atoms with Crippen molar-refractivity contribution in [3.63, 3.8) is 0 Å². The molecule has 1 aromatic heterocycles. The van der Waals surface area contributed by atoms with Crippen molar-refractivity contribution in [2.24, 2.45) is 0 Å². The summed E-state index contributed by atoms with van der Waals surface area (Å²) in [5.74, 6) is 0. The van der Waals surface area contributed by atoms with Gasteiger partial charge in [0.15, 0.2) is 0 Å². The summed E-state index contributed by atoms with van der Waals surface area (Å²) in [5.41, 5.74) is 1.44. The molecular weight excluding hydrogens is 418 g/mol. The van der Waals surface area contributed by atoms with Crippen LogP contribution in [0.3, 0.4) is 0 Å². The van der Waals surface area contributed by atoms with Crippen molar-refractivity contribution in [2.45, 2.75) is 41.5 Å². The van der Waals surface area contributed by atoms with Crippen LogP contribution in [-0.2, 0) is 6.84 Å². The minimum Gasteiger partial charge on any atom is -0.142 e. The molecule has 80 valence electrons. The lowest BCUT2D eigenvalue weighted by molar-refractivity contribution is 0.841. The Kier molecular flexibility index (Phi) is 3.97. The second-order valence-electron chi connectivity index (χ2n) is 4.57. The molecule has 0 aliphatic rings. The summed E-state index contributed by atoms with van der Waals surface area (Å²) in [6.07, 6.45) is 0. The van der Waals surface area contributed by atoms with Crippen molar-refractivity contribution < 1.29 is 0 Å². The molecule has 0 saturated carbocycles. The van der Waals surface area contributed by atoms with E-state index in [1.807, 2.05) is 11.3 Å². The highest BCUT2D eigenvalue weighted by molar-refractivity contribution is 14.1. The third-order valence-corrected chi connectivity index (χ3v) is 5.78. The van der Waals surface area contributed by atoms with Crippen LogP contribution in [0.15, 0.2) is 6.07 Å². The second kappa shape index (κ2) is 4.20. The molecule has 0 aliphatic heterocycles. The van der Waals surface area contributed by atoms with E-state index in [1.54, 1.807) is 0 Å². The van der Waals surface area contributed by atoms with Gasteiger partial charge in [-0.25, -0.2) is 0 Å². The highest BCUT2D eigenvalue weighted by Gasteiger charge is 2.25. The van der Waals surface area contributed by atoms with Crippen LogP contribution in [0.4, 0.5) is 0 Å². The Morgan fingerprint density at radius 1 is 1.07 bits per heavy atom. The van der Waals surface area contributed by atoms with Gasteiger partial charge in [-0.3, -0.25) is 0 Å². The van der Waals surface area contributed by atoms with Crippen molar-refractivity contribution in [1.82, 2.24) is 0 Å². The van der Waals surface area contributed by atoms with Gasteiger partial charge < -0.3 is 0 Å². The number of thiophene rings is 1. The summed E-state index contributed by atoms with van der Waals surface area (Å²) in [4.78, 5) is 2.99. The molecule has 0 amide bonds. The number of aryl methyl sites for hydroxylation is 1. The Balaban J connectivity index is 3.19. The van der Waals surface area contributed by atoms with Crippen molar-refractivity contribution in [3.8, 4) is 0 Å². The van der Waals surface area contributed by atoms with Crippen molar-refractivity contribution in [1.29, 1.82) is 0 Å². The van der Waals surface area contributed by atoms with Crippen molar-refractivity contribution in [2.75, 3.05) is 0 Å². The monoisotopic (exact) mass is 434 g/mol. The van der Waals surface area contributed by atoms with Gasteiger partial charge in [-0.2, -0.15) is 0 Å². The first-order chi connectivity index (χ1) is 6.12. The zero-order chi connectivity index (χ0) is 11.1. The third kappa shape index (κ3) is 3.07. The lowest BCUT2D eigenvalue weighted by Gasteiger charge is -2.16. The van der Waals surface area contributed by atoms with Crippen molar-refractivity contribution in [3.05, 3.63) is 21.4 Å². The topological polar surface area (TPSA) is 0 Å². The Morgan fingerprint density at radius 2 is 1.57 bits per heavy atom. The molecule has 0 aliphatic carbocycles. The predicted molar refractivity (Wildman–Crippen MR) is 83.1 cm³/mol. The first-order valence-electron chi connectivity index (χ1n) is 4.61. The first-order valence-corrected chi connectivity index (χ1v) is 7.59. The van der Waals surface area contributed by atoms with E-state index in [1.165, 1.54) is 15.3 Å². The Hall–Kier alpha value is 1.16. The molecule has 1 rings (SSSR count). The van der Waals surface area contributed by atoms with Gasteiger partial charge in [0.25, 0.3) is 0 Å². The van der Waals surface area contributed by atoms with Gasteiger partial charge in [0, 0.05) is 9.75 Å². The third-order valence-electron chi connectivity index (χ3n) is 2.04. The van der Waals surface area contributed by atoms with Crippen LogP contribution in [0, 0.1) is 6.92 Å². The number of hydrogen-bond acceptors (Lipinski definition) is 1. The van der Waals surface area contributed by atoms with Crippen molar-refractivity contribution >= 4 is 56.5 Å². The lowest BCUT2D eigenvalue weighted by Crippen LogP contribution is -2.05. The molecule has 0 unspecified atom stereocenters. The zero-order valence-electron chi connectivity index (χ0n) is 9.24.